The van der Waals surface area contributed by atoms with Crippen molar-refractivity contribution in [2.75, 3.05) is 18.4 Å². The topological polar surface area (TPSA) is 115 Å². The Kier molecular flexibility index (Phi) is 8.52. The number of alkyl halides is 2. The van der Waals surface area contributed by atoms with Gasteiger partial charge in [-0.1, -0.05) is 15.3 Å². The number of alkyl carbamates (subject to hydrolysis) is 1. The van der Waals surface area contributed by atoms with E-state index in [-0.39, 0.29) is 18.6 Å². The summed E-state index contributed by atoms with van der Waals surface area (Å²) in [6.45, 7) is 2.03. The van der Waals surface area contributed by atoms with Gasteiger partial charge in [-0.3, -0.25) is 5.10 Å². The van der Waals surface area contributed by atoms with Crippen LogP contribution in [-0.4, -0.2) is 47.4 Å². The van der Waals surface area contributed by atoms with Crippen LogP contribution in [0.3, 0.4) is 0 Å². The lowest BCUT2D eigenvalue weighted by Crippen LogP contribution is -2.30. The van der Waals surface area contributed by atoms with Crippen molar-refractivity contribution in [1.82, 2.24) is 15.5 Å². The summed E-state index contributed by atoms with van der Waals surface area (Å²) in [7, 11) is 1.44. The smallest absolute Gasteiger partial charge is 0.407 e. The molecule has 11 heteroatoms. The quantitative estimate of drug-likeness (QED) is 0.317. The van der Waals surface area contributed by atoms with Crippen molar-refractivity contribution < 1.29 is 18.3 Å². The molecule has 0 radical (unpaired) electrons. The minimum Gasteiger partial charge on any atom is -0.446 e. The van der Waals surface area contributed by atoms with Crippen molar-refractivity contribution in [3.8, 4) is 6.07 Å². The Morgan fingerprint density at radius 1 is 1.59 bits per heavy atom. The van der Waals surface area contributed by atoms with E-state index in [4.69, 9.17) is 10.00 Å². The first-order valence-electron chi connectivity index (χ1n) is 9.30. The SMILES string of the molecule is C/C=C(/C#N)N=CCNc1cc(C2CCC(OC(=O)NCCC(F)(F)P)C2)[nH]n1. The summed E-state index contributed by atoms with van der Waals surface area (Å²) >= 11 is 0. The van der Waals surface area contributed by atoms with E-state index in [1.54, 1.807) is 19.2 Å². The highest BCUT2D eigenvalue weighted by molar-refractivity contribution is 7.18. The highest BCUT2D eigenvalue weighted by Gasteiger charge is 2.30. The van der Waals surface area contributed by atoms with Crippen molar-refractivity contribution >= 4 is 27.4 Å². The number of carbonyl (C=O) groups excluding carboxylic acids is 1. The summed E-state index contributed by atoms with van der Waals surface area (Å²) in [6, 6.07) is 3.86. The number of rotatable bonds is 9. The van der Waals surface area contributed by atoms with Crippen LogP contribution >= 0.6 is 9.24 Å². The molecule has 1 fully saturated rings. The van der Waals surface area contributed by atoms with Gasteiger partial charge in [0.05, 0.1) is 6.54 Å². The van der Waals surface area contributed by atoms with Crippen LogP contribution < -0.4 is 10.6 Å². The molecule has 0 aromatic carbocycles. The number of halogens is 2. The zero-order valence-corrected chi connectivity index (χ0v) is 17.3. The maximum atomic E-state index is 12.7. The van der Waals surface area contributed by atoms with Crippen LogP contribution in [0.1, 0.15) is 44.2 Å². The average Bonchev–Trinajstić information content (AvgIpc) is 3.30. The summed E-state index contributed by atoms with van der Waals surface area (Å²) in [5.41, 5.74) is -1.61. The van der Waals surface area contributed by atoms with Crippen molar-refractivity contribution in [1.29, 1.82) is 5.26 Å². The summed E-state index contributed by atoms with van der Waals surface area (Å²) < 4.78 is 30.7. The first-order chi connectivity index (χ1) is 13.8. The minimum absolute atomic E-state index is 0.145. The number of nitrogens with one attached hydrogen (secondary N) is 3. The monoisotopic (exact) mass is 426 g/mol. The second-order valence-electron chi connectivity index (χ2n) is 6.66. The molecule has 0 spiro atoms. The number of H-pyrrole nitrogens is 1. The Balaban J connectivity index is 1.73. The van der Waals surface area contributed by atoms with E-state index in [0.29, 0.717) is 30.9 Å². The van der Waals surface area contributed by atoms with E-state index >= 15 is 0 Å². The number of nitrogens with zero attached hydrogens (tertiary/aromatic N) is 3. The van der Waals surface area contributed by atoms with E-state index in [1.165, 1.54) is 9.24 Å². The minimum atomic E-state index is -2.89. The Labute approximate surface area is 170 Å². The largest absolute Gasteiger partial charge is 0.446 e. The van der Waals surface area contributed by atoms with Gasteiger partial charge in [0.1, 0.15) is 23.7 Å². The maximum absolute atomic E-state index is 12.7. The summed E-state index contributed by atoms with van der Waals surface area (Å²) in [5.74, 6) is 0.833. The predicted molar refractivity (Wildman–Crippen MR) is 109 cm³/mol. The predicted octanol–water partition coefficient (Wildman–Crippen LogP) is 3.54. The summed E-state index contributed by atoms with van der Waals surface area (Å²) in [5, 5.41) is 21.4. The molecule has 8 nitrogen and oxygen atoms in total. The Bertz CT molecular complexity index is 784. The fourth-order valence-corrected chi connectivity index (χ4v) is 3.10. The summed E-state index contributed by atoms with van der Waals surface area (Å²) in [4.78, 5) is 15.7. The van der Waals surface area contributed by atoms with E-state index in [0.717, 1.165) is 12.1 Å². The number of ether oxygens (including phenoxy) is 1. The fraction of sp³-hybridized carbons (Fsp3) is 0.556. The standard InChI is InChI=1S/C18H25F2N6O2P/c1-2-13(11-21)22-7-8-23-16-10-15(25-26-16)12-3-4-14(9-12)28-17(27)24-6-5-18(19,20)29/h2,7,10,12,14H,3-6,8-9,29H2,1H3,(H,24,27)(H2,23,25,26)/b13-2-,22-7?. The lowest BCUT2D eigenvalue weighted by atomic mass is 10.0. The van der Waals surface area contributed by atoms with Gasteiger partial charge in [-0.15, -0.1) is 0 Å². The molecule has 1 saturated carbocycles. The number of hydrogen-bond acceptors (Lipinski definition) is 6. The van der Waals surface area contributed by atoms with Crippen LogP contribution in [0.2, 0.25) is 0 Å². The molecule has 158 valence electrons. The van der Waals surface area contributed by atoms with Gasteiger partial charge in [-0.2, -0.15) is 10.4 Å². The highest BCUT2D eigenvalue weighted by atomic mass is 31.0. The molecule has 29 heavy (non-hydrogen) atoms. The van der Waals surface area contributed by atoms with Gasteiger partial charge in [-0.05, 0) is 26.2 Å². The van der Waals surface area contributed by atoms with Crippen LogP contribution in [0.5, 0.6) is 0 Å². The second-order valence-corrected chi connectivity index (χ2v) is 7.51. The van der Waals surface area contributed by atoms with Crippen molar-refractivity contribution in [2.24, 2.45) is 4.99 Å². The first kappa shape index (κ1) is 22.8. The lowest BCUT2D eigenvalue weighted by molar-refractivity contribution is 0.0843. The number of carbonyl (C=O) groups is 1. The third-order valence-electron chi connectivity index (χ3n) is 4.42. The molecule has 1 aliphatic rings. The number of aliphatic imine (C=N–C) groups is 1. The van der Waals surface area contributed by atoms with Crippen LogP contribution in [-0.2, 0) is 4.74 Å². The van der Waals surface area contributed by atoms with Gasteiger partial charge in [0.15, 0.2) is 0 Å². The van der Waals surface area contributed by atoms with E-state index < -0.39 is 18.2 Å². The molecule has 1 heterocycles. The molecule has 1 aromatic rings. The molecule has 1 amide bonds. The second kappa shape index (κ2) is 10.9. The zero-order valence-electron chi connectivity index (χ0n) is 16.1. The van der Waals surface area contributed by atoms with Gasteiger partial charge in [0.2, 0.25) is 0 Å². The number of nitriles is 1. The third-order valence-corrected chi connectivity index (χ3v) is 4.70. The molecule has 1 aliphatic carbocycles. The third kappa shape index (κ3) is 8.16. The lowest BCUT2D eigenvalue weighted by Gasteiger charge is -2.14. The van der Waals surface area contributed by atoms with Crippen LogP contribution in [0.25, 0.3) is 0 Å². The van der Waals surface area contributed by atoms with Crippen molar-refractivity contribution in [3.63, 3.8) is 0 Å². The van der Waals surface area contributed by atoms with Crippen LogP contribution in [0.4, 0.5) is 19.4 Å². The summed E-state index contributed by atoms with van der Waals surface area (Å²) in [6.07, 6.45) is 4.01. The van der Waals surface area contributed by atoms with Gasteiger partial charge in [-0.25, -0.2) is 18.6 Å². The first-order valence-corrected chi connectivity index (χ1v) is 9.87. The van der Waals surface area contributed by atoms with Gasteiger partial charge >= 0.3 is 6.09 Å². The van der Waals surface area contributed by atoms with E-state index in [9.17, 15) is 13.6 Å². The molecule has 1 aromatic heterocycles. The maximum Gasteiger partial charge on any atom is 0.407 e. The number of aromatic nitrogens is 2. The molecule has 3 atom stereocenters. The zero-order chi connectivity index (χ0) is 21.3. The number of hydrogen-bond donors (Lipinski definition) is 3. The van der Waals surface area contributed by atoms with E-state index in [2.05, 4.69) is 25.8 Å². The normalized spacial score (nSPS) is 19.9. The number of allylic oxidation sites excluding steroid dienone is 2. The van der Waals surface area contributed by atoms with Crippen LogP contribution in [0.15, 0.2) is 22.8 Å². The van der Waals surface area contributed by atoms with E-state index in [1.807, 2.05) is 12.1 Å². The van der Waals surface area contributed by atoms with Gasteiger partial charge in [0.25, 0.3) is 5.66 Å². The molecule has 0 aliphatic heterocycles. The Morgan fingerprint density at radius 2 is 2.38 bits per heavy atom. The number of aromatic amines is 1. The molecule has 3 unspecified atom stereocenters. The van der Waals surface area contributed by atoms with Gasteiger partial charge < -0.3 is 15.4 Å². The van der Waals surface area contributed by atoms with Crippen molar-refractivity contribution in [2.45, 2.75) is 50.3 Å². The Morgan fingerprint density at radius 3 is 3.07 bits per heavy atom. The molecule has 3 N–H and O–H groups in total. The molecule has 2 rings (SSSR count). The fourth-order valence-electron chi connectivity index (χ4n) is 2.95. The van der Waals surface area contributed by atoms with Crippen LogP contribution in [0, 0.1) is 11.3 Å². The molecular weight excluding hydrogens is 401 g/mol. The molecule has 0 saturated heterocycles. The number of amides is 1. The van der Waals surface area contributed by atoms with Gasteiger partial charge in [0, 0.05) is 36.9 Å². The average molecular weight is 426 g/mol. The Hall–Kier alpha value is -2.53. The number of anilines is 1. The van der Waals surface area contributed by atoms with Crippen molar-refractivity contribution in [3.05, 3.63) is 23.5 Å². The molecule has 0 bridgehead atoms. The molecular formula is C18H25F2N6O2P. The highest BCUT2D eigenvalue weighted by Crippen LogP contribution is 2.35.